The van der Waals surface area contributed by atoms with Crippen LogP contribution < -0.4 is 11.1 Å². The summed E-state index contributed by atoms with van der Waals surface area (Å²) in [4.78, 5) is 11.7. The Bertz CT molecular complexity index is 418. The normalized spacial score (nSPS) is 15.1. The minimum atomic E-state index is -0.154. The van der Waals surface area contributed by atoms with Gasteiger partial charge in [0.25, 0.3) is 5.91 Å². The lowest BCUT2D eigenvalue weighted by atomic mass is 10.1. The molecule has 15 heavy (non-hydrogen) atoms. The highest BCUT2D eigenvalue weighted by atomic mass is 79.9. The van der Waals surface area contributed by atoms with Crippen molar-refractivity contribution in [2.24, 2.45) is 0 Å². The number of amides is 1. The molecule has 0 aliphatic heterocycles. The maximum absolute atomic E-state index is 11.7. The van der Waals surface area contributed by atoms with Crippen LogP contribution in [0.4, 0.5) is 5.69 Å². The van der Waals surface area contributed by atoms with Crippen molar-refractivity contribution >= 4 is 39.1 Å². The van der Waals surface area contributed by atoms with E-state index in [0.717, 1.165) is 12.8 Å². The van der Waals surface area contributed by atoms with Crippen LogP contribution >= 0.6 is 27.5 Å². The van der Waals surface area contributed by atoms with Crippen molar-refractivity contribution < 1.29 is 4.79 Å². The second kappa shape index (κ2) is 4.02. The number of rotatable bonds is 2. The van der Waals surface area contributed by atoms with Crippen molar-refractivity contribution in [1.29, 1.82) is 0 Å². The second-order valence-corrected chi connectivity index (χ2v) is 4.89. The van der Waals surface area contributed by atoms with Crippen LogP contribution in [0.2, 0.25) is 5.02 Å². The number of hydrogen-bond acceptors (Lipinski definition) is 2. The lowest BCUT2D eigenvalue weighted by molar-refractivity contribution is 0.0952. The highest BCUT2D eigenvalue weighted by Crippen LogP contribution is 2.28. The molecule has 0 atom stereocenters. The number of nitrogens with two attached hydrogens (primary N) is 1. The van der Waals surface area contributed by atoms with Crippen LogP contribution in [0.15, 0.2) is 16.6 Å². The Morgan fingerprint density at radius 1 is 1.53 bits per heavy atom. The van der Waals surface area contributed by atoms with Crippen molar-refractivity contribution in [3.63, 3.8) is 0 Å². The number of nitrogen functional groups attached to an aromatic ring is 1. The van der Waals surface area contributed by atoms with Crippen LogP contribution in [0.1, 0.15) is 23.2 Å². The summed E-state index contributed by atoms with van der Waals surface area (Å²) in [7, 11) is 0. The summed E-state index contributed by atoms with van der Waals surface area (Å²) in [6.45, 7) is 0. The Balaban J connectivity index is 2.28. The number of halogens is 2. The molecule has 0 heterocycles. The smallest absolute Gasteiger partial charge is 0.253 e. The first-order valence-electron chi connectivity index (χ1n) is 4.63. The number of benzene rings is 1. The minimum Gasteiger partial charge on any atom is -0.397 e. The molecular formula is C10H10BrClN2O. The summed E-state index contributed by atoms with van der Waals surface area (Å²) in [6.07, 6.45) is 2.10. The molecule has 0 spiro atoms. The van der Waals surface area contributed by atoms with E-state index in [9.17, 15) is 4.79 Å². The third kappa shape index (κ3) is 2.44. The lowest BCUT2D eigenvalue weighted by Gasteiger charge is -2.08. The first-order chi connectivity index (χ1) is 7.08. The Kier molecular flexibility index (Phi) is 2.89. The molecular weight excluding hydrogens is 279 g/mol. The van der Waals surface area contributed by atoms with Crippen molar-refractivity contribution in [3.05, 3.63) is 27.2 Å². The molecule has 1 aliphatic carbocycles. The molecule has 0 unspecified atom stereocenters. The summed E-state index contributed by atoms with van der Waals surface area (Å²) in [5.74, 6) is -0.154. The van der Waals surface area contributed by atoms with E-state index in [4.69, 9.17) is 17.3 Å². The van der Waals surface area contributed by atoms with Crippen molar-refractivity contribution in [3.8, 4) is 0 Å². The molecule has 3 N–H and O–H groups in total. The molecule has 1 saturated carbocycles. The van der Waals surface area contributed by atoms with Crippen molar-refractivity contribution in [1.82, 2.24) is 5.32 Å². The molecule has 1 aromatic carbocycles. The lowest BCUT2D eigenvalue weighted by Crippen LogP contribution is -2.26. The third-order valence-corrected chi connectivity index (χ3v) is 3.13. The quantitative estimate of drug-likeness (QED) is 0.822. The summed E-state index contributed by atoms with van der Waals surface area (Å²) in [5.41, 5.74) is 6.64. The number of anilines is 1. The number of nitrogens with one attached hydrogen (secondary N) is 1. The van der Waals surface area contributed by atoms with Gasteiger partial charge in [0.05, 0.1) is 11.3 Å². The van der Waals surface area contributed by atoms with Crippen LogP contribution in [0, 0.1) is 0 Å². The third-order valence-electron chi connectivity index (χ3n) is 2.25. The largest absolute Gasteiger partial charge is 0.397 e. The van der Waals surface area contributed by atoms with E-state index in [1.54, 1.807) is 12.1 Å². The molecule has 2 rings (SSSR count). The average molecular weight is 290 g/mol. The van der Waals surface area contributed by atoms with Gasteiger partial charge in [-0.2, -0.15) is 0 Å². The highest BCUT2D eigenvalue weighted by molar-refractivity contribution is 9.10. The van der Waals surface area contributed by atoms with Gasteiger partial charge in [0.1, 0.15) is 0 Å². The fraction of sp³-hybridized carbons (Fsp3) is 0.300. The van der Waals surface area contributed by atoms with Gasteiger partial charge in [0, 0.05) is 15.5 Å². The molecule has 0 aromatic heterocycles. The van der Waals surface area contributed by atoms with Gasteiger partial charge in [-0.15, -0.1) is 0 Å². The fourth-order valence-electron chi connectivity index (χ4n) is 1.26. The Hall–Kier alpha value is -0.740. The standard InChI is InChI=1S/C10H10BrClN2O/c11-8-4-5(12)3-7(9(8)13)10(15)14-6-1-2-6/h3-4,6H,1-2,13H2,(H,14,15). The average Bonchev–Trinajstić information content (AvgIpc) is 2.94. The van der Waals surface area contributed by atoms with Crippen LogP contribution in [0.3, 0.4) is 0 Å². The van der Waals surface area contributed by atoms with E-state index in [1.165, 1.54) is 0 Å². The maximum Gasteiger partial charge on any atom is 0.253 e. The van der Waals surface area contributed by atoms with Crippen molar-refractivity contribution in [2.45, 2.75) is 18.9 Å². The van der Waals surface area contributed by atoms with Crippen molar-refractivity contribution in [2.75, 3.05) is 5.73 Å². The molecule has 0 radical (unpaired) electrons. The number of carbonyl (C=O) groups is 1. The molecule has 80 valence electrons. The van der Waals surface area contributed by atoms with E-state index >= 15 is 0 Å². The van der Waals surface area contributed by atoms with Gasteiger partial charge in [-0.25, -0.2) is 0 Å². The second-order valence-electron chi connectivity index (χ2n) is 3.60. The van der Waals surface area contributed by atoms with Crippen LogP contribution in [0.25, 0.3) is 0 Å². The summed E-state index contributed by atoms with van der Waals surface area (Å²) < 4.78 is 0.649. The molecule has 0 bridgehead atoms. The highest BCUT2D eigenvalue weighted by Gasteiger charge is 2.25. The molecule has 1 fully saturated rings. The summed E-state index contributed by atoms with van der Waals surface area (Å²) in [5, 5.41) is 3.36. The zero-order chi connectivity index (χ0) is 11.0. The maximum atomic E-state index is 11.7. The molecule has 5 heteroatoms. The minimum absolute atomic E-state index is 0.154. The Morgan fingerprint density at radius 2 is 2.20 bits per heavy atom. The molecule has 1 amide bonds. The fourth-order valence-corrected chi connectivity index (χ4v) is 2.07. The Morgan fingerprint density at radius 3 is 2.80 bits per heavy atom. The van der Waals surface area contributed by atoms with E-state index in [2.05, 4.69) is 21.2 Å². The number of carbonyl (C=O) groups excluding carboxylic acids is 1. The van der Waals surface area contributed by atoms with Gasteiger partial charge in [-0.3, -0.25) is 4.79 Å². The van der Waals surface area contributed by atoms with Gasteiger partial charge in [-0.1, -0.05) is 11.6 Å². The summed E-state index contributed by atoms with van der Waals surface area (Å²) >= 11 is 9.11. The Labute approximate surface area is 101 Å². The van der Waals surface area contributed by atoms with Gasteiger partial charge in [-0.05, 0) is 40.9 Å². The molecule has 0 saturated heterocycles. The van der Waals surface area contributed by atoms with E-state index in [-0.39, 0.29) is 5.91 Å². The summed E-state index contributed by atoms with van der Waals surface area (Å²) in [6, 6.07) is 3.57. The van der Waals surface area contributed by atoms with Crippen LogP contribution in [-0.4, -0.2) is 11.9 Å². The zero-order valence-electron chi connectivity index (χ0n) is 7.89. The van der Waals surface area contributed by atoms with Gasteiger partial charge >= 0.3 is 0 Å². The van der Waals surface area contributed by atoms with Crippen LogP contribution in [-0.2, 0) is 0 Å². The first kappa shape index (κ1) is 10.8. The van der Waals surface area contributed by atoms with E-state index < -0.39 is 0 Å². The predicted octanol–water partition coefficient (Wildman–Crippen LogP) is 2.58. The van der Waals surface area contributed by atoms with Gasteiger partial charge in [0.15, 0.2) is 0 Å². The predicted molar refractivity (Wildman–Crippen MR) is 64.1 cm³/mol. The molecule has 1 aromatic rings. The van der Waals surface area contributed by atoms with E-state index in [1.807, 2.05) is 0 Å². The van der Waals surface area contributed by atoms with E-state index in [0.29, 0.717) is 26.8 Å². The molecule has 3 nitrogen and oxygen atoms in total. The van der Waals surface area contributed by atoms with Gasteiger partial charge < -0.3 is 11.1 Å². The topological polar surface area (TPSA) is 55.1 Å². The number of hydrogen-bond donors (Lipinski definition) is 2. The first-order valence-corrected chi connectivity index (χ1v) is 5.80. The SMILES string of the molecule is Nc1c(Br)cc(Cl)cc1C(=O)NC1CC1. The monoisotopic (exact) mass is 288 g/mol. The molecule has 1 aliphatic rings. The van der Waals surface area contributed by atoms with Gasteiger partial charge in [0.2, 0.25) is 0 Å². The van der Waals surface area contributed by atoms with Crippen LogP contribution in [0.5, 0.6) is 0 Å². The zero-order valence-corrected chi connectivity index (χ0v) is 10.2.